The Hall–Kier alpha value is -1.82. The van der Waals surface area contributed by atoms with Gasteiger partial charge in [-0.25, -0.2) is 4.79 Å². The van der Waals surface area contributed by atoms with Crippen molar-refractivity contribution in [3.63, 3.8) is 0 Å². The molecule has 0 bridgehead atoms. The molecule has 0 unspecified atom stereocenters. The van der Waals surface area contributed by atoms with Gasteiger partial charge in [0.15, 0.2) is 3.77 Å². The molecule has 0 radical (unpaired) electrons. The van der Waals surface area contributed by atoms with Gasteiger partial charge >= 0.3 is 5.97 Å². The minimum absolute atomic E-state index is 0.157. The molecule has 4 heteroatoms. The molecular weight excluding hydrogens is 355 g/mol. The first-order valence-corrected chi connectivity index (χ1v) is 6.68. The molecule has 96 valence electrons. The molecule has 2 rings (SSSR count). The summed E-state index contributed by atoms with van der Waals surface area (Å²) in [6, 6.07) is 18.0. The van der Waals surface area contributed by atoms with Gasteiger partial charge in [0.1, 0.15) is 11.3 Å². The molecule has 0 saturated heterocycles. The quantitative estimate of drug-likeness (QED) is 0.506. The molecule has 0 spiro atoms. The maximum absolute atomic E-state index is 11.4. The van der Waals surface area contributed by atoms with Crippen LogP contribution in [-0.4, -0.2) is 11.1 Å². The van der Waals surface area contributed by atoms with Gasteiger partial charge in [-0.1, -0.05) is 48.5 Å². The number of carboxylic acid groups (broad SMARTS) is 1. The van der Waals surface area contributed by atoms with Crippen LogP contribution in [0.3, 0.4) is 0 Å². The number of carbonyl (C=O) groups is 1. The molecule has 0 aromatic heterocycles. The first-order chi connectivity index (χ1) is 9.18. The zero-order valence-corrected chi connectivity index (χ0v) is 12.1. The van der Waals surface area contributed by atoms with Gasteiger partial charge in [0, 0.05) is 22.6 Å². The Balaban J connectivity index is 2.37. The van der Waals surface area contributed by atoms with Crippen molar-refractivity contribution in [1.82, 2.24) is 0 Å². The van der Waals surface area contributed by atoms with Crippen molar-refractivity contribution in [3.8, 4) is 5.75 Å². The lowest BCUT2D eigenvalue weighted by molar-refractivity contribution is -0.130. The van der Waals surface area contributed by atoms with Gasteiger partial charge in [0.2, 0.25) is 0 Å². The molecule has 0 aliphatic rings. The molecule has 2 aromatic carbocycles. The summed E-state index contributed by atoms with van der Waals surface area (Å²) in [4.78, 5) is 11.4. The predicted octanol–water partition coefficient (Wildman–Crippen LogP) is 3.95. The molecule has 2 aromatic rings. The largest absolute Gasteiger partial charge is 0.478 e. The topological polar surface area (TPSA) is 46.5 Å². The van der Waals surface area contributed by atoms with Crippen molar-refractivity contribution in [2.24, 2.45) is 0 Å². The highest BCUT2D eigenvalue weighted by molar-refractivity contribution is 14.1. The van der Waals surface area contributed by atoms with Crippen molar-refractivity contribution in [2.75, 3.05) is 0 Å². The smallest absolute Gasteiger partial charge is 0.340 e. The minimum atomic E-state index is -1.01. The van der Waals surface area contributed by atoms with Gasteiger partial charge in [-0.05, 0) is 17.7 Å². The van der Waals surface area contributed by atoms with E-state index in [1.54, 1.807) is 36.4 Å². The molecule has 0 aliphatic carbocycles. The van der Waals surface area contributed by atoms with E-state index in [4.69, 9.17) is 4.74 Å². The Morgan fingerprint density at radius 3 is 2.00 bits per heavy atom. The van der Waals surface area contributed by atoms with Gasteiger partial charge in [-0.15, -0.1) is 0 Å². The lowest BCUT2D eigenvalue weighted by Gasteiger charge is -2.09. The number of para-hydroxylation sites is 1. The van der Waals surface area contributed by atoms with Crippen LogP contribution in [-0.2, 0) is 4.79 Å². The zero-order valence-electron chi connectivity index (χ0n) is 9.92. The first-order valence-electron chi connectivity index (χ1n) is 5.60. The Morgan fingerprint density at radius 1 is 0.947 bits per heavy atom. The highest BCUT2D eigenvalue weighted by Gasteiger charge is 2.16. The molecule has 0 fully saturated rings. The summed E-state index contributed by atoms with van der Waals surface area (Å²) in [5.74, 6) is -0.395. The molecule has 19 heavy (non-hydrogen) atoms. The van der Waals surface area contributed by atoms with Crippen LogP contribution in [0.1, 0.15) is 5.56 Å². The van der Waals surface area contributed by atoms with E-state index in [1.807, 2.05) is 46.9 Å². The summed E-state index contributed by atoms with van der Waals surface area (Å²) in [5.41, 5.74) is 0.778. The van der Waals surface area contributed by atoms with Crippen LogP contribution < -0.4 is 4.74 Å². The monoisotopic (exact) mass is 366 g/mol. The molecular formula is C15H11IO3. The average molecular weight is 366 g/mol. The summed E-state index contributed by atoms with van der Waals surface area (Å²) >= 11 is 1.90. The van der Waals surface area contributed by atoms with Crippen molar-refractivity contribution in [3.05, 3.63) is 70.0 Å². The molecule has 0 heterocycles. The van der Waals surface area contributed by atoms with Crippen molar-refractivity contribution < 1.29 is 14.6 Å². The number of ether oxygens (including phenoxy) is 1. The van der Waals surface area contributed by atoms with Crippen LogP contribution in [0.2, 0.25) is 0 Å². The summed E-state index contributed by atoms with van der Waals surface area (Å²) in [6.45, 7) is 0. The first kappa shape index (κ1) is 13.6. The minimum Gasteiger partial charge on any atom is -0.478 e. The van der Waals surface area contributed by atoms with Crippen LogP contribution in [0.15, 0.2) is 64.4 Å². The summed E-state index contributed by atoms with van der Waals surface area (Å²) < 4.78 is 5.91. The second-order valence-corrected chi connectivity index (χ2v) is 4.71. The number of rotatable bonds is 4. The highest BCUT2D eigenvalue weighted by atomic mass is 127. The highest BCUT2D eigenvalue weighted by Crippen LogP contribution is 2.26. The van der Waals surface area contributed by atoms with E-state index in [1.165, 1.54) is 0 Å². The molecule has 3 nitrogen and oxygen atoms in total. The predicted molar refractivity (Wildman–Crippen MR) is 82.1 cm³/mol. The fraction of sp³-hybridized carbons (Fsp3) is 0. The van der Waals surface area contributed by atoms with Gasteiger partial charge < -0.3 is 9.84 Å². The van der Waals surface area contributed by atoms with E-state index in [9.17, 15) is 9.90 Å². The Morgan fingerprint density at radius 2 is 1.47 bits per heavy atom. The second kappa shape index (κ2) is 6.38. The van der Waals surface area contributed by atoms with Crippen LogP contribution in [0.25, 0.3) is 5.57 Å². The molecule has 1 N–H and O–H groups in total. The van der Waals surface area contributed by atoms with Crippen LogP contribution in [0, 0.1) is 0 Å². The number of hydrogen-bond acceptors (Lipinski definition) is 2. The van der Waals surface area contributed by atoms with Crippen molar-refractivity contribution >= 4 is 34.1 Å². The summed E-state index contributed by atoms with van der Waals surface area (Å²) in [5, 5.41) is 9.33. The van der Waals surface area contributed by atoms with Crippen LogP contribution in [0.5, 0.6) is 5.75 Å². The molecule has 0 aliphatic heterocycles. The standard InChI is InChI=1S/C15H11IO3/c16-14(19-12-9-5-2-6-10-12)13(15(17)18)11-7-3-1-4-8-11/h1-10H,(H,17,18). The van der Waals surface area contributed by atoms with Gasteiger partial charge in [0.05, 0.1) is 0 Å². The Bertz CT molecular complexity index is 591. The van der Waals surface area contributed by atoms with Gasteiger partial charge in [-0.3, -0.25) is 0 Å². The lowest BCUT2D eigenvalue weighted by atomic mass is 10.1. The fourth-order valence-corrected chi connectivity index (χ4v) is 2.37. The molecule has 0 atom stereocenters. The number of carboxylic acids is 1. The third-order valence-electron chi connectivity index (χ3n) is 2.42. The van der Waals surface area contributed by atoms with E-state index in [2.05, 4.69) is 0 Å². The van der Waals surface area contributed by atoms with E-state index < -0.39 is 5.97 Å². The number of benzene rings is 2. The van der Waals surface area contributed by atoms with E-state index in [0.29, 0.717) is 15.1 Å². The second-order valence-electron chi connectivity index (χ2n) is 3.73. The van der Waals surface area contributed by atoms with Gasteiger partial charge in [-0.2, -0.15) is 0 Å². The van der Waals surface area contributed by atoms with E-state index in [-0.39, 0.29) is 5.57 Å². The normalized spacial score (nSPS) is 11.6. The Kier molecular flexibility index (Phi) is 4.57. The van der Waals surface area contributed by atoms with Crippen molar-refractivity contribution in [2.45, 2.75) is 0 Å². The van der Waals surface area contributed by atoms with Gasteiger partial charge in [0.25, 0.3) is 0 Å². The number of halogens is 1. The lowest BCUT2D eigenvalue weighted by Crippen LogP contribution is -2.04. The SMILES string of the molecule is O=C(O)C(=C(I)Oc1ccccc1)c1ccccc1. The zero-order chi connectivity index (χ0) is 13.7. The summed E-state index contributed by atoms with van der Waals surface area (Å²) in [6.07, 6.45) is 0. The maximum Gasteiger partial charge on any atom is 0.340 e. The average Bonchev–Trinajstić information content (AvgIpc) is 2.40. The van der Waals surface area contributed by atoms with Crippen molar-refractivity contribution in [1.29, 1.82) is 0 Å². The van der Waals surface area contributed by atoms with Crippen LogP contribution in [0.4, 0.5) is 0 Å². The Labute approximate surface area is 124 Å². The molecule has 0 amide bonds. The number of hydrogen-bond donors (Lipinski definition) is 1. The fourth-order valence-electron chi connectivity index (χ4n) is 1.57. The van der Waals surface area contributed by atoms with Crippen LogP contribution >= 0.6 is 22.6 Å². The summed E-state index contributed by atoms with van der Waals surface area (Å²) in [7, 11) is 0. The third kappa shape index (κ3) is 3.57. The third-order valence-corrected chi connectivity index (χ3v) is 3.18. The van der Waals surface area contributed by atoms with E-state index in [0.717, 1.165) is 0 Å². The van der Waals surface area contributed by atoms with E-state index >= 15 is 0 Å². The number of aliphatic carboxylic acids is 1. The molecule has 0 saturated carbocycles. The maximum atomic E-state index is 11.4.